The summed E-state index contributed by atoms with van der Waals surface area (Å²) in [6.45, 7) is 9.32. The second-order valence-electron chi connectivity index (χ2n) is 12.5. The average molecular weight is 691 g/mol. The molecule has 0 fully saturated rings. The number of ether oxygens (including phenoxy) is 1. The van der Waals surface area contributed by atoms with E-state index in [0.29, 0.717) is 43.6 Å². The van der Waals surface area contributed by atoms with E-state index in [9.17, 15) is 44.4 Å². The van der Waals surface area contributed by atoms with Crippen molar-refractivity contribution in [1.82, 2.24) is 10.2 Å². The lowest BCUT2D eigenvalue weighted by Crippen LogP contribution is -2.55. The van der Waals surface area contributed by atoms with Crippen molar-refractivity contribution < 1.29 is 49.1 Å². The second-order valence-corrected chi connectivity index (χ2v) is 12.5. The first-order valence-corrected chi connectivity index (χ1v) is 17.7. The van der Waals surface area contributed by atoms with E-state index < -0.39 is 47.8 Å². The van der Waals surface area contributed by atoms with Crippen LogP contribution in [0.5, 0.6) is 5.75 Å². The lowest BCUT2D eigenvalue weighted by Gasteiger charge is -2.29. The molecule has 12 nitrogen and oxygen atoms in total. The maximum absolute atomic E-state index is 13.4. The van der Waals surface area contributed by atoms with Crippen molar-refractivity contribution in [2.45, 2.75) is 122 Å². The van der Waals surface area contributed by atoms with Crippen LogP contribution < -0.4 is 10.1 Å². The molecule has 1 rings (SSSR count). The molecule has 3 atom stereocenters. The maximum atomic E-state index is 13.4. The number of allylic oxidation sites excluding steroid dienone is 1. The molecule has 0 bridgehead atoms. The first-order chi connectivity index (χ1) is 23.4. The fraction of sp³-hybridized carbons (Fsp3) is 0.649. The van der Waals surface area contributed by atoms with E-state index in [1.807, 2.05) is 0 Å². The molecular weight excluding hydrogens is 632 g/mol. The van der Waals surface area contributed by atoms with Crippen LogP contribution in [0.25, 0.3) is 0 Å². The Labute approximate surface area is 290 Å². The largest absolute Gasteiger partial charge is 0.492 e. The number of ketones is 1. The number of aliphatic carboxylic acids is 3. The number of likely N-dealkylation sites (N-methyl/N-ethyl adjacent to an activating group) is 1. The van der Waals surface area contributed by atoms with E-state index in [0.717, 1.165) is 70.7 Å². The third-order valence-electron chi connectivity index (χ3n) is 8.60. The minimum atomic E-state index is -3.02. The van der Waals surface area contributed by atoms with Gasteiger partial charge in [0.1, 0.15) is 24.2 Å². The molecule has 0 aliphatic heterocycles. The molecule has 1 aromatic rings. The zero-order valence-electron chi connectivity index (χ0n) is 29.5. The summed E-state index contributed by atoms with van der Waals surface area (Å²) in [5, 5.41) is 42.2. The van der Waals surface area contributed by atoms with E-state index in [4.69, 9.17) is 4.74 Å². The first kappa shape index (κ1) is 43.3. The Hall–Kier alpha value is -3.77. The van der Waals surface area contributed by atoms with Crippen LogP contribution in [0.4, 0.5) is 0 Å². The van der Waals surface area contributed by atoms with Gasteiger partial charge < -0.3 is 35.4 Å². The predicted octanol–water partition coefficient (Wildman–Crippen LogP) is 5.25. The van der Waals surface area contributed by atoms with Crippen molar-refractivity contribution in [3.05, 3.63) is 42.0 Å². The minimum absolute atomic E-state index is 0.150. The molecule has 12 heteroatoms. The number of carboxylic acid groups (broad SMARTS) is 3. The van der Waals surface area contributed by atoms with Gasteiger partial charge in [0.2, 0.25) is 5.91 Å². The van der Waals surface area contributed by atoms with E-state index in [1.54, 1.807) is 24.3 Å². The summed E-state index contributed by atoms with van der Waals surface area (Å²) in [6, 6.07) is 5.21. The molecule has 0 unspecified atom stereocenters. The zero-order valence-corrected chi connectivity index (χ0v) is 29.5. The van der Waals surface area contributed by atoms with Gasteiger partial charge in [0.05, 0.1) is 12.3 Å². The zero-order chi connectivity index (χ0) is 36.7. The van der Waals surface area contributed by atoms with E-state index in [2.05, 4.69) is 31.0 Å². The van der Waals surface area contributed by atoms with Crippen molar-refractivity contribution in [2.75, 3.05) is 26.2 Å². The quantitative estimate of drug-likeness (QED) is 0.0545. The van der Waals surface area contributed by atoms with Crippen molar-refractivity contribution in [1.29, 1.82) is 0 Å². The van der Waals surface area contributed by atoms with Gasteiger partial charge in [-0.2, -0.15) is 0 Å². The Balaban J connectivity index is 2.83. The number of Topliss-reactive ketones (excluding diaryl/α,β-unsaturated/α-hetero) is 1. The highest BCUT2D eigenvalue weighted by atomic mass is 16.5. The SMILES string of the molecule is CCCCCCCC(=O)CCCCCC/C=C/[C@H](C(=O)N[C@@H](Cc1ccc(OCCN(CC)CC)cc1)C(=O)O)[C@@](O)(CC(=O)O)C(=O)O. The Morgan fingerprint density at radius 2 is 1.45 bits per heavy atom. The normalized spacial score (nSPS) is 13.9. The molecule has 0 aromatic heterocycles. The molecule has 276 valence electrons. The second kappa shape index (κ2) is 24.4. The van der Waals surface area contributed by atoms with Gasteiger partial charge in [0, 0.05) is 25.8 Å². The molecule has 0 aliphatic rings. The number of hydrogen-bond donors (Lipinski definition) is 5. The molecule has 0 aliphatic carbocycles. The maximum Gasteiger partial charge on any atom is 0.337 e. The topological polar surface area (TPSA) is 191 Å². The van der Waals surface area contributed by atoms with E-state index in [-0.39, 0.29) is 12.2 Å². The van der Waals surface area contributed by atoms with Crippen LogP contribution >= 0.6 is 0 Å². The van der Waals surface area contributed by atoms with Gasteiger partial charge in [-0.15, -0.1) is 0 Å². The number of amides is 1. The van der Waals surface area contributed by atoms with Crippen LogP contribution in [0.15, 0.2) is 36.4 Å². The van der Waals surface area contributed by atoms with Crippen molar-refractivity contribution >= 4 is 29.6 Å². The highest BCUT2D eigenvalue weighted by molar-refractivity contribution is 5.94. The molecule has 0 spiro atoms. The van der Waals surface area contributed by atoms with Crippen LogP contribution in [-0.4, -0.2) is 92.8 Å². The van der Waals surface area contributed by atoms with Gasteiger partial charge >= 0.3 is 17.9 Å². The van der Waals surface area contributed by atoms with Crippen molar-refractivity contribution in [2.24, 2.45) is 5.92 Å². The number of hydrogen-bond acceptors (Lipinski definition) is 8. The smallest absolute Gasteiger partial charge is 0.337 e. The van der Waals surface area contributed by atoms with Gasteiger partial charge in [-0.25, -0.2) is 9.59 Å². The number of rotatable bonds is 29. The molecule has 5 N–H and O–H groups in total. The van der Waals surface area contributed by atoms with Gasteiger partial charge in [-0.1, -0.05) is 83.6 Å². The molecule has 0 radical (unpaired) electrons. The number of aliphatic hydroxyl groups is 1. The van der Waals surface area contributed by atoms with Gasteiger partial charge in [0.25, 0.3) is 0 Å². The number of benzene rings is 1. The molecule has 49 heavy (non-hydrogen) atoms. The number of nitrogens with one attached hydrogen (secondary N) is 1. The Bertz CT molecular complexity index is 1180. The van der Waals surface area contributed by atoms with Crippen LogP contribution in [-0.2, 0) is 30.4 Å². The first-order valence-electron chi connectivity index (χ1n) is 17.7. The molecule has 1 aromatic carbocycles. The summed E-state index contributed by atoms with van der Waals surface area (Å²) in [5.41, 5.74) is -2.46. The third kappa shape index (κ3) is 17.5. The summed E-state index contributed by atoms with van der Waals surface area (Å²) >= 11 is 0. The molecule has 0 heterocycles. The summed E-state index contributed by atoms with van der Waals surface area (Å²) in [6.07, 6.45) is 11.3. The van der Waals surface area contributed by atoms with Gasteiger partial charge in [-0.3, -0.25) is 14.4 Å². The molecule has 0 saturated carbocycles. The summed E-state index contributed by atoms with van der Waals surface area (Å²) in [4.78, 5) is 63.3. The van der Waals surface area contributed by atoms with E-state index >= 15 is 0 Å². The number of carboxylic acids is 3. The summed E-state index contributed by atoms with van der Waals surface area (Å²) in [7, 11) is 0. The van der Waals surface area contributed by atoms with Crippen molar-refractivity contribution in [3.8, 4) is 5.75 Å². The van der Waals surface area contributed by atoms with Crippen LogP contribution in [0, 0.1) is 5.92 Å². The van der Waals surface area contributed by atoms with Gasteiger partial charge in [-0.05, 0) is 56.5 Å². The third-order valence-corrected chi connectivity index (χ3v) is 8.60. The highest BCUT2D eigenvalue weighted by Crippen LogP contribution is 2.26. The predicted molar refractivity (Wildman–Crippen MR) is 187 cm³/mol. The standard InChI is InChI=1S/C37H58N2O10/c1-4-7-8-11-14-17-29(40)18-15-12-9-10-13-16-19-31(37(48,36(46)47)27-33(41)42)34(43)38-32(35(44)45)26-28-20-22-30(23-21-28)49-25-24-39(5-2)6-3/h16,19-23,31-32,48H,4-15,17-18,24-27H2,1-3H3,(H,38,43)(H,41,42)(H,44,45)(H,46,47)/b19-16+/t31-,32+,37+/m1/s1. The highest BCUT2D eigenvalue weighted by Gasteiger charge is 2.49. The Morgan fingerprint density at radius 1 is 0.857 bits per heavy atom. The molecule has 0 saturated heterocycles. The fourth-order valence-electron chi connectivity index (χ4n) is 5.49. The Morgan fingerprint density at radius 3 is 1.98 bits per heavy atom. The van der Waals surface area contributed by atoms with E-state index in [1.165, 1.54) is 12.5 Å². The number of carbonyl (C=O) groups is 5. The molecule has 1 amide bonds. The number of carbonyl (C=O) groups excluding carboxylic acids is 2. The Kier molecular flexibility index (Phi) is 21.5. The number of unbranched alkanes of at least 4 members (excludes halogenated alkanes) is 8. The summed E-state index contributed by atoms with van der Waals surface area (Å²) in [5.74, 6) is -7.08. The minimum Gasteiger partial charge on any atom is -0.492 e. The lowest BCUT2D eigenvalue weighted by atomic mass is 9.82. The van der Waals surface area contributed by atoms with Crippen LogP contribution in [0.2, 0.25) is 0 Å². The van der Waals surface area contributed by atoms with Crippen molar-refractivity contribution in [3.63, 3.8) is 0 Å². The molecular formula is C37H58N2O10. The summed E-state index contributed by atoms with van der Waals surface area (Å²) < 4.78 is 5.76. The lowest BCUT2D eigenvalue weighted by molar-refractivity contribution is -0.172. The van der Waals surface area contributed by atoms with Crippen LogP contribution in [0.3, 0.4) is 0 Å². The average Bonchev–Trinajstić information content (AvgIpc) is 3.05. The fourth-order valence-corrected chi connectivity index (χ4v) is 5.49. The van der Waals surface area contributed by atoms with Crippen LogP contribution in [0.1, 0.15) is 110 Å². The monoisotopic (exact) mass is 690 g/mol. The number of nitrogens with zero attached hydrogens (tertiary/aromatic N) is 1. The van der Waals surface area contributed by atoms with Gasteiger partial charge in [0.15, 0.2) is 5.60 Å².